The van der Waals surface area contributed by atoms with Gasteiger partial charge < -0.3 is 4.74 Å². The number of thiazole rings is 1. The molecule has 0 unspecified atom stereocenters. The van der Waals surface area contributed by atoms with Crippen LogP contribution in [0.3, 0.4) is 0 Å². The fourth-order valence-electron chi connectivity index (χ4n) is 2.66. The van der Waals surface area contributed by atoms with Gasteiger partial charge in [0, 0.05) is 24.7 Å². The first-order valence-electron chi connectivity index (χ1n) is 6.82. The zero-order chi connectivity index (χ0) is 13.9. The first kappa shape index (κ1) is 13.3. The molecule has 106 valence electrons. The molecule has 5 nitrogen and oxygen atoms in total. The molecular formula is C14H17N3O2S. The Kier molecular flexibility index (Phi) is 3.82. The van der Waals surface area contributed by atoms with Gasteiger partial charge in [0.15, 0.2) is 0 Å². The lowest BCUT2D eigenvalue weighted by Crippen LogP contribution is -2.08. The predicted octanol–water partition coefficient (Wildman–Crippen LogP) is 2.89. The summed E-state index contributed by atoms with van der Waals surface area (Å²) in [5, 5.41) is 4.05. The van der Waals surface area contributed by atoms with E-state index >= 15 is 0 Å². The van der Waals surface area contributed by atoms with Crippen LogP contribution in [0.25, 0.3) is 0 Å². The molecule has 0 bridgehead atoms. The van der Waals surface area contributed by atoms with E-state index < -0.39 is 0 Å². The van der Waals surface area contributed by atoms with Crippen molar-refractivity contribution < 1.29 is 9.53 Å². The van der Waals surface area contributed by atoms with Crippen LogP contribution in [0.1, 0.15) is 52.5 Å². The van der Waals surface area contributed by atoms with Gasteiger partial charge in [0.25, 0.3) is 0 Å². The Hall–Kier alpha value is -1.69. The fourth-order valence-corrected chi connectivity index (χ4v) is 3.43. The number of carbonyl (C=O) groups is 1. The predicted molar refractivity (Wildman–Crippen MR) is 75.7 cm³/mol. The molecule has 0 aromatic carbocycles. The summed E-state index contributed by atoms with van der Waals surface area (Å²) in [6.07, 6.45) is 8.27. The highest BCUT2D eigenvalue weighted by atomic mass is 32.1. The molecule has 0 radical (unpaired) electrons. The average molecular weight is 291 g/mol. The Morgan fingerprint density at radius 1 is 1.50 bits per heavy atom. The average Bonchev–Trinajstić information content (AvgIpc) is 3.16. The molecule has 1 fully saturated rings. The molecule has 0 amide bonds. The number of rotatable bonds is 4. The standard InChI is InChI=1S/C14H17N3O2S/c1-17-7-10(6-16-17)8-19-14(18)13-12(15-9-20-13)11-4-2-3-5-11/h6-7,9,11H,2-5,8H2,1H3. The van der Waals surface area contributed by atoms with Gasteiger partial charge in [-0.05, 0) is 12.8 Å². The minimum atomic E-state index is -0.266. The first-order chi connectivity index (χ1) is 9.74. The van der Waals surface area contributed by atoms with Crippen LogP contribution in [0.4, 0.5) is 0 Å². The number of hydrogen-bond acceptors (Lipinski definition) is 5. The zero-order valence-corrected chi connectivity index (χ0v) is 12.2. The van der Waals surface area contributed by atoms with E-state index in [0.29, 0.717) is 10.8 Å². The lowest BCUT2D eigenvalue weighted by Gasteiger charge is -2.08. The van der Waals surface area contributed by atoms with Gasteiger partial charge in [0.1, 0.15) is 11.5 Å². The molecule has 0 spiro atoms. The Labute approximate surface area is 121 Å². The third kappa shape index (κ3) is 2.75. The van der Waals surface area contributed by atoms with Crippen molar-refractivity contribution in [2.24, 2.45) is 7.05 Å². The lowest BCUT2D eigenvalue weighted by molar-refractivity contribution is 0.0476. The van der Waals surface area contributed by atoms with Gasteiger partial charge in [-0.2, -0.15) is 5.10 Å². The van der Waals surface area contributed by atoms with E-state index in [2.05, 4.69) is 10.1 Å². The van der Waals surface area contributed by atoms with Crippen LogP contribution in [0, 0.1) is 0 Å². The molecule has 1 aliphatic carbocycles. The van der Waals surface area contributed by atoms with Gasteiger partial charge in [0.05, 0.1) is 17.4 Å². The van der Waals surface area contributed by atoms with Crippen LogP contribution >= 0.6 is 11.3 Å². The molecule has 1 saturated carbocycles. The molecule has 1 aliphatic rings. The Morgan fingerprint density at radius 2 is 2.30 bits per heavy atom. The normalized spacial score (nSPS) is 15.7. The van der Waals surface area contributed by atoms with Crippen molar-refractivity contribution in [1.82, 2.24) is 14.8 Å². The number of aromatic nitrogens is 3. The van der Waals surface area contributed by atoms with E-state index in [1.54, 1.807) is 16.4 Å². The van der Waals surface area contributed by atoms with Crippen LogP contribution in [0.2, 0.25) is 0 Å². The first-order valence-corrected chi connectivity index (χ1v) is 7.70. The summed E-state index contributed by atoms with van der Waals surface area (Å²) in [7, 11) is 1.84. The summed E-state index contributed by atoms with van der Waals surface area (Å²) in [4.78, 5) is 17.2. The molecule has 2 heterocycles. The summed E-state index contributed by atoms with van der Waals surface area (Å²) in [6.45, 7) is 0.259. The van der Waals surface area contributed by atoms with Crippen LogP contribution in [-0.4, -0.2) is 20.7 Å². The highest BCUT2D eigenvalue weighted by Crippen LogP contribution is 2.36. The molecule has 6 heteroatoms. The molecule has 3 rings (SSSR count). The third-order valence-electron chi connectivity index (χ3n) is 3.65. The van der Waals surface area contributed by atoms with Crippen LogP contribution in [-0.2, 0) is 18.4 Å². The minimum absolute atomic E-state index is 0.259. The van der Waals surface area contributed by atoms with Crippen molar-refractivity contribution in [3.8, 4) is 0 Å². The maximum atomic E-state index is 12.2. The van der Waals surface area contributed by atoms with Gasteiger partial charge in [-0.15, -0.1) is 11.3 Å². The fraction of sp³-hybridized carbons (Fsp3) is 0.500. The molecule has 0 atom stereocenters. The van der Waals surface area contributed by atoms with Crippen LogP contribution in [0.15, 0.2) is 17.9 Å². The summed E-state index contributed by atoms with van der Waals surface area (Å²) < 4.78 is 7.06. The number of nitrogens with zero attached hydrogens (tertiary/aromatic N) is 3. The van der Waals surface area contributed by atoms with E-state index in [0.717, 1.165) is 24.1 Å². The van der Waals surface area contributed by atoms with E-state index in [9.17, 15) is 4.79 Å². The summed E-state index contributed by atoms with van der Waals surface area (Å²) in [5.74, 6) is 0.167. The summed E-state index contributed by atoms with van der Waals surface area (Å²) in [6, 6.07) is 0. The lowest BCUT2D eigenvalue weighted by atomic mass is 10.0. The monoisotopic (exact) mass is 291 g/mol. The van der Waals surface area contributed by atoms with Crippen molar-refractivity contribution in [3.63, 3.8) is 0 Å². The van der Waals surface area contributed by atoms with E-state index in [1.165, 1.54) is 24.2 Å². The molecular weight excluding hydrogens is 274 g/mol. The maximum Gasteiger partial charge on any atom is 0.350 e. The molecule has 2 aromatic rings. The number of carbonyl (C=O) groups excluding carboxylic acids is 1. The van der Waals surface area contributed by atoms with Crippen LogP contribution in [0.5, 0.6) is 0 Å². The Balaban J connectivity index is 1.66. The van der Waals surface area contributed by atoms with Crippen molar-refractivity contribution in [3.05, 3.63) is 34.0 Å². The SMILES string of the molecule is Cn1cc(COC(=O)c2scnc2C2CCCC2)cn1. The molecule has 20 heavy (non-hydrogen) atoms. The van der Waals surface area contributed by atoms with Gasteiger partial charge in [0.2, 0.25) is 0 Å². The Morgan fingerprint density at radius 3 is 3.00 bits per heavy atom. The van der Waals surface area contributed by atoms with Crippen molar-refractivity contribution >= 4 is 17.3 Å². The third-order valence-corrected chi connectivity index (χ3v) is 4.47. The number of esters is 1. The second-order valence-corrected chi connectivity index (χ2v) is 6.00. The van der Waals surface area contributed by atoms with E-state index in [1.807, 2.05) is 13.2 Å². The molecule has 2 aromatic heterocycles. The summed E-state index contributed by atoms with van der Waals surface area (Å²) in [5.41, 5.74) is 3.57. The van der Waals surface area contributed by atoms with Crippen molar-refractivity contribution in [2.45, 2.75) is 38.2 Å². The van der Waals surface area contributed by atoms with E-state index in [4.69, 9.17) is 4.74 Å². The van der Waals surface area contributed by atoms with Crippen molar-refractivity contribution in [1.29, 1.82) is 0 Å². The van der Waals surface area contributed by atoms with Gasteiger partial charge in [-0.3, -0.25) is 4.68 Å². The van der Waals surface area contributed by atoms with Crippen molar-refractivity contribution in [2.75, 3.05) is 0 Å². The molecule has 0 N–H and O–H groups in total. The van der Waals surface area contributed by atoms with Gasteiger partial charge in [-0.1, -0.05) is 12.8 Å². The highest BCUT2D eigenvalue weighted by Gasteiger charge is 2.26. The number of ether oxygens (including phenoxy) is 1. The minimum Gasteiger partial charge on any atom is -0.456 e. The smallest absolute Gasteiger partial charge is 0.350 e. The second kappa shape index (κ2) is 5.75. The van der Waals surface area contributed by atoms with Crippen LogP contribution < -0.4 is 0 Å². The zero-order valence-electron chi connectivity index (χ0n) is 11.4. The summed E-state index contributed by atoms with van der Waals surface area (Å²) >= 11 is 1.38. The van der Waals surface area contributed by atoms with E-state index in [-0.39, 0.29) is 12.6 Å². The largest absolute Gasteiger partial charge is 0.456 e. The number of aryl methyl sites for hydroxylation is 1. The second-order valence-electron chi connectivity index (χ2n) is 5.15. The number of hydrogen-bond donors (Lipinski definition) is 0. The van der Waals surface area contributed by atoms with Gasteiger partial charge in [-0.25, -0.2) is 9.78 Å². The maximum absolute atomic E-state index is 12.2. The molecule has 0 aliphatic heterocycles. The topological polar surface area (TPSA) is 57.0 Å². The highest BCUT2D eigenvalue weighted by molar-refractivity contribution is 7.11. The van der Waals surface area contributed by atoms with Gasteiger partial charge >= 0.3 is 5.97 Å². The quantitative estimate of drug-likeness (QED) is 0.813. The molecule has 0 saturated heterocycles. The Bertz CT molecular complexity index is 599.